The van der Waals surface area contributed by atoms with E-state index < -0.39 is 25.7 Å². The number of rotatable bonds is 10. The van der Waals surface area contributed by atoms with Gasteiger partial charge in [0.15, 0.2) is 5.65 Å². The lowest BCUT2D eigenvalue weighted by Gasteiger charge is -2.33. The largest absolute Gasteiger partial charge is 0.416 e. The molecule has 0 bridgehead atoms. The number of benzene rings is 2. The first-order valence-electron chi connectivity index (χ1n) is 17.2. The van der Waals surface area contributed by atoms with Crippen molar-refractivity contribution < 1.29 is 22.7 Å². The molecule has 1 saturated carbocycles. The number of anilines is 1. The van der Waals surface area contributed by atoms with Crippen molar-refractivity contribution in [2.45, 2.75) is 70.8 Å². The van der Waals surface area contributed by atoms with E-state index >= 15 is 0 Å². The Balaban J connectivity index is 1.17. The van der Waals surface area contributed by atoms with Crippen LogP contribution in [0.1, 0.15) is 62.6 Å². The topological polar surface area (TPSA) is 75.5 Å². The zero-order valence-corrected chi connectivity index (χ0v) is 30.5. The summed E-state index contributed by atoms with van der Waals surface area (Å²) in [4.78, 5) is 22.2. The van der Waals surface area contributed by atoms with Crippen LogP contribution in [-0.2, 0) is 24.2 Å². The molecule has 1 amide bonds. The van der Waals surface area contributed by atoms with Gasteiger partial charge in [-0.05, 0) is 74.3 Å². The second-order valence-electron chi connectivity index (χ2n) is 14.8. The number of likely N-dealkylation sites (N-methyl/N-ethyl adjacent to an activating group) is 1. The molecule has 2 aliphatic rings. The third-order valence-electron chi connectivity index (χ3n) is 9.29. The molecule has 1 aliphatic carbocycles. The highest BCUT2D eigenvalue weighted by atomic mass is 28.3. The van der Waals surface area contributed by atoms with Crippen LogP contribution in [0.25, 0.3) is 11.0 Å². The number of aromatic nitrogens is 3. The summed E-state index contributed by atoms with van der Waals surface area (Å²) in [6.07, 6.45) is -0.619. The van der Waals surface area contributed by atoms with Gasteiger partial charge in [0.2, 0.25) is 0 Å². The molecule has 8 nitrogen and oxygen atoms in total. The van der Waals surface area contributed by atoms with E-state index in [0.29, 0.717) is 43.5 Å². The van der Waals surface area contributed by atoms with Crippen LogP contribution in [0.5, 0.6) is 0 Å². The molecule has 0 radical (unpaired) electrons. The third-order valence-corrected chi connectivity index (χ3v) is 11.0. The molecule has 6 rings (SSSR count). The van der Waals surface area contributed by atoms with Crippen molar-refractivity contribution in [2.75, 3.05) is 45.2 Å². The van der Waals surface area contributed by atoms with Crippen LogP contribution < -0.4 is 5.32 Å². The Kier molecular flexibility index (Phi) is 10.5. The summed E-state index contributed by atoms with van der Waals surface area (Å²) in [7, 11) is 0.811. The van der Waals surface area contributed by atoms with Crippen molar-refractivity contribution in [3.8, 4) is 11.8 Å². The Labute approximate surface area is 293 Å². The van der Waals surface area contributed by atoms with Crippen LogP contribution in [0.3, 0.4) is 0 Å². The number of ether oxygens (including phenoxy) is 1. The number of hydrogen-bond donors (Lipinski definition) is 1. The predicted octanol–water partition coefficient (Wildman–Crippen LogP) is 7.35. The summed E-state index contributed by atoms with van der Waals surface area (Å²) in [5.74, 6) is 6.30. The maximum atomic E-state index is 14.1. The monoisotopic (exact) mass is 702 g/mol. The Morgan fingerprint density at radius 1 is 1.04 bits per heavy atom. The second-order valence-corrected chi connectivity index (χ2v) is 20.4. The van der Waals surface area contributed by atoms with E-state index in [1.807, 2.05) is 29.6 Å². The van der Waals surface area contributed by atoms with Crippen molar-refractivity contribution in [1.29, 1.82) is 0 Å². The molecule has 50 heavy (non-hydrogen) atoms. The third kappa shape index (κ3) is 9.00. The number of piperazine rings is 1. The van der Waals surface area contributed by atoms with Crippen molar-refractivity contribution in [3.63, 3.8) is 0 Å². The molecule has 4 aromatic rings. The molecular weight excluding hydrogens is 658 g/mol. The van der Waals surface area contributed by atoms with E-state index in [4.69, 9.17) is 14.8 Å². The number of hydrogen-bond acceptors (Lipinski definition) is 6. The van der Waals surface area contributed by atoms with Crippen molar-refractivity contribution in [2.24, 2.45) is 0 Å². The van der Waals surface area contributed by atoms with E-state index in [0.717, 1.165) is 65.9 Å². The van der Waals surface area contributed by atoms with Crippen molar-refractivity contribution >= 4 is 30.7 Å². The Morgan fingerprint density at radius 3 is 2.50 bits per heavy atom. The number of carbonyl (C=O) groups excluding carboxylic acids is 1. The summed E-state index contributed by atoms with van der Waals surface area (Å²) in [5, 5.41) is 8.50. The Bertz CT molecular complexity index is 1930. The lowest BCUT2D eigenvalue weighted by Crippen LogP contribution is -2.44. The number of halogens is 3. The molecule has 12 heteroatoms. The molecule has 0 spiro atoms. The summed E-state index contributed by atoms with van der Waals surface area (Å²) in [6.45, 7) is 13.2. The minimum atomic E-state index is -4.55. The fraction of sp³-hybridized carbons (Fsp3) is 0.447. The molecular formula is C38H45F3N6O2Si. The SMILES string of the molecule is Cc1ccc(C(=O)Nc2ccc(CN3CCN(C)CC3)c(C(F)(F)F)c2)cc1C#Cc1cnc2c(c1)c(C1CC1)nn2COCC[Si](C)(C)C. The van der Waals surface area contributed by atoms with Crippen LogP contribution in [0.15, 0.2) is 48.7 Å². The first-order chi connectivity index (χ1) is 23.7. The van der Waals surface area contributed by atoms with Crippen LogP contribution in [-0.4, -0.2) is 78.4 Å². The van der Waals surface area contributed by atoms with Crippen LogP contribution in [0, 0.1) is 18.8 Å². The lowest BCUT2D eigenvalue weighted by atomic mass is 10.0. The van der Waals surface area contributed by atoms with Gasteiger partial charge in [0.25, 0.3) is 5.91 Å². The van der Waals surface area contributed by atoms with E-state index in [1.165, 1.54) is 12.1 Å². The fourth-order valence-corrected chi connectivity index (χ4v) is 6.73. The van der Waals surface area contributed by atoms with E-state index in [2.05, 4.69) is 41.7 Å². The highest BCUT2D eigenvalue weighted by Gasteiger charge is 2.34. The molecule has 3 heterocycles. The van der Waals surface area contributed by atoms with Gasteiger partial charge in [-0.25, -0.2) is 9.67 Å². The summed E-state index contributed by atoms with van der Waals surface area (Å²) >= 11 is 0. The molecule has 1 saturated heterocycles. The van der Waals surface area contributed by atoms with Crippen LogP contribution >= 0.6 is 0 Å². The van der Waals surface area contributed by atoms with E-state index in [9.17, 15) is 18.0 Å². The molecule has 2 fully saturated rings. The number of alkyl halides is 3. The standard InChI is InChI=1S/C38H45F3N6O2Si/c1-26-6-8-30(37(48)43-32-13-12-31(34(22-32)38(39,40)41)24-46-16-14-45(2)15-17-46)21-29(26)9-7-27-20-33-35(28-10-11-28)44-47(36(33)42-23-27)25-49-18-19-50(3,4)5/h6,8,12-13,20-23,28H,10-11,14-19,24-25H2,1-5H3,(H,43,48). The normalized spacial score (nSPS) is 16.0. The summed E-state index contributed by atoms with van der Waals surface area (Å²) in [5.41, 5.74) is 3.90. The zero-order valence-electron chi connectivity index (χ0n) is 29.5. The molecule has 1 N–H and O–H groups in total. The number of nitrogens with one attached hydrogen (secondary N) is 1. The average molecular weight is 703 g/mol. The number of amides is 1. The van der Waals surface area contributed by atoms with Gasteiger partial charge in [-0.1, -0.05) is 43.6 Å². The average Bonchev–Trinajstić information content (AvgIpc) is 3.84. The Hall–Kier alpha value is -4.02. The first kappa shape index (κ1) is 35.8. The molecule has 0 atom stereocenters. The number of pyridine rings is 1. The number of fused-ring (bicyclic) bond motifs is 1. The number of nitrogens with zero attached hydrogens (tertiary/aromatic N) is 5. The van der Waals surface area contributed by atoms with Crippen LogP contribution in [0.2, 0.25) is 25.7 Å². The quantitative estimate of drug-likeness (QED) is 0.106. The molecule has 264 valence electrons. The highest BCUT2D eigenvalue weighted by molar-refractivity contribution is 6.76. The van der Waals surface area contributed by atoms with Gasteiger partial charge in [-0.3, -0.25) is 9.69 Å². The van der Waals surface area contributed by atoms with Gasteiger partial charge in [0.1, 0.15) is 6.73 Å². The van der Waals surface area contributed by atoms with Gasteiger partial charge in [0.05, 0.1) is 11.3 Å². The first-order valence-corrected chi connectivity index (χ1v) is 20.9. The van der Waals surface area contributed by atoms with Crippen molar-refractivity contribution in [1.82, 2.24) is 24.6 Å². The van der Waals surface area contributed by atoms with Gasteiger partial charge >= 0.3 is 6.18 Å². The lowest BCUT2D eigenvalue weighted by molar-refractivity contribution is -0.138. The predicted molar refractivity (Wildman–Crippen MR) is 193 cm³/mol. The summed E-state index contributed by atoms with van der Waals surface area (Å²) in [6, 6.07) is 12.2. The maximum Gasteiger partial charge on any atom is 0.416 e. The molecule has 1 aliphatic heterocycles. The fourth-order valence-electron chi connectivity index (χ4n) is 5.97. The molecule has 0 unspecified atom stereocenters. The maximum absolute atomic E-state index is 14.1. The minimum Gasteiger partial charge on any atom is -0.359 e. The van der Waals surface area contributed by atoms with Gasteiger partial charge < -0.3 is 15.0 Å². The van der Waals surface area contributed by atoms with Gasteiger partial charge in [-0.15, -0.1) is 0 Å². The number of carbonyl (C=O) groups is 1. The van der Waals surface area contributed by atoms with Gasteiger partial charge in [0, 0.05) is 87.3 Å². The smallest absolute Gasteiger partial charge is 0.359 e. The molecule has 2 aromatic carbocycles. The van der Waals surface area contributed by atoms with E-state index in [1.54, 1.807) is 24.4 Å². The highest BCUT2D eigenvalue weighted by Crippen LogP contribution is 2.42. The number of aryl methyl sites for hydroxylation is 1. The molecule has 2 aromatic heterocycles. The van der Waals surface area contributed by atoms with E-state index in [-0.39, 0.29) is 17.8 Å². The zero-order chi connectivity index (χ0) is 35.6. The van der Waals surface area contributed by atoms with Gasteiger partial charge in [-0.2, -0.15) is 18.3 Å². The van der Waals surface area contributed by atoms with Crippen molar-refractivity contribution in [3.05, 3.63) is 87.7 Å². The van der Waals surface area contributed by atoms with Crippen LogP contribution in [0.4, 0.5) is 18.9 Å². The second kappa shape index (κ2) is 14.7. The summed E-state index contributed by atoms with van der Waals surface area (Å²) < 4.78 is 50.1. The minimum absolute atomic E-state index is 0.0884. The Morgan fingerprint density at radius 2 is 1.80 bits per heavy atom.